The van der Waals surface area contributed by atoms with Crippen LogP contribution in [0.15, 0.2) is 24.3 Å². The number of aromatic nitrogens is 1. The van der Waals surface area contributed by atoms with Crippen molar-refractivity contribution in [1.82, 2.24) is 9.88 Å². The van der Waals surface area contributed by atoms with E-state index in [0.29, 0.717) is 5.15 Å². The van der Waals surface area contributed by atoms with Crippen LogP contribution in [-0.4, -0.2) is 30.1 Å². The average Bonchev–Trinajstić information content (AvgIpc) is 2.48. The summed E-state index contributed by atoms with van der Waals surface area (Å²) in [5.41, 5.74) is 1.97. The summed E-state index contributed by atoms with van der Waals surface area (Å²) in [4.78, 5) is 6.95. The Hall–Kier alpha value is -1.32. The number of halogens is 1. The molecular weight excluding hydrogens is 284 g/mol. The molecule has 0 saturated carbocycles. The molecule has 0 bridgehead atoms. The fourth-order valence-corrected chi connectivity index (χ4v) is 2.75. The van der Waals surface area contributed by atoms with Crippen molar-refractivity contribution < 1.29 is 4.74 Å². The molecule has 0 aliphatic rings. The van der Waals surface area contributed by atoms with Gasteiger partial charge in [-0.15, -0.1) is 0 Å². The van der Waals surface area contributed by atoms with Crippen LogP contribution in [0.2, 0.25) is 5.15 Å². The normalized spacial score (nSPS) is 11.3. The molecule has 114 valence electrons. The fraction of sp³-hybridized carbons (Fsp3) is 0.471. The van der Waals surface area contributed by atoms with Gasteiger partial charge in [0.1, 0.15) is 10.9 Å². The van der Waals surface area contributed by atoms with E-state index < -0.39 is 0 Å². The summed E-state index contributed by atoms with van der Waals surface area (Å²) in [6, 6.07) is 8.05. The number of hydrogen-bond donors (Lipinski definition) is 0. The molecule has 21 heavy (non-hydrogen) atoms. The van der Waals surface area contributed by atoms with Crippen molar-refractivity contribution in [2.75, 3.05) is 20.2 Å². The standard InChI is InChI=1S/C17H23ClN2O/c1-4-8-20(9-5-2)12-14-10-13-6-7-15(21-3)11-16(13)19-17(14)18/h6-7,10-11H,4-5,8-9,12H2,1-3H3. The molecular formula is C17H23ClN2O. The fourth-order valence-electron chi connectivity index (χ4n) is 2.55. The zero-order valence-corrected chi connectivity index (χ0v) is 13.8. The van der Waals surface area contributed by atoms with Crippen molar-refractivity contribution in [3.8, 4) is 5.75 Å². The second kappa shape index (κ2) is 7.62. The third-order valence-corrected chi connectivity index (χ3v) is 3.85. The highest BCUT2D eigenvalue weighted by Gasteiger charge is 2.10. The monoisotopic (exact) mass is 306 g/mol. The minimum absolute atomic E-state index is 0.591. The lowest BCUT2D eigenvalue weighted by Gasteiger charge is -2.21. The molecule has 0 radical (unpaired) electrons. The maximum absolute atomic E-state index is 6.36. The van der Waals surface area contributed by atoms with Crippen LogP contribution < -0.4 is 4.74 Å². The molecule has 0 spiro atoms. The van der Waals surface area contributed by atoms with Gasteiger partial charge >= 0.3 is 0 Å². The summed E-state index contributed by atoms with van der Waals surface area (Å²) in [7, 11) is 1.66. The van der Waals surface area contributed by atoms with Crippen molar-refractivity contribution in [2.45, 2.75) is 33.2 Å². The van der Waals surface area contributed by atoms with Gasteiger partial charge in [-0.3, -0.25) is 4.90 Å². The molecule has 2 aromatic rings. The lowest BCUT2D eigenvalue weighted by atomic mass is 10.1. The first-order valence-corrected chi connectivity index (χ1v) is 7.91. The van der Waals surface area contributed by atoms with E-state index in [2.05, 4.69) is 29.8 Å². The van der Waals surface area contributed by atoms with Crippen LogP contribution in [-0.2, 0) is 6.54 Å². The van der Waals surface area contributed by atoms with Crippen LogP contribution in [0, 0.1) is 0 Å². The van der Waals surface area contributed by atoms with E-state index in [1.807, 2.05) is 18.2 Å². The van der Waals surface area contributed by atoms with Gasteiger partial charge in [0.2, 0.25) is 0 Å². The molecule has 3 nitrogen and oxygen atoms in total. The molecule has 0 N–H and O–H groups in total. The number of pyridine rings is 1. The molecule has 1 aromatic heterocycles. The van der Waals surface area contributed by atoms with Gasteiger partial charge in [-0.05, 0) is 44.1 Å². The third-order valence-electron chi connectivity index (χ3n) is 3.52. The first-order valence-electron chi connectivity index (χ1n) is 7.53. The number of ether oxygens (including phenoxy) is 1. The first-order chi connectivity index (χ1) is 10.2. The third kappa shape index (κ3) is 4.08. The van der Waals surface area contributed by atoms with Crippen LogP contribution in [0.4, 0.5) is 0 Å². The zero-order valence-electron chi connectivity index (χ0n) is 13.0. The quantitative estimate of drug-likeness (QED) is 0.703. The van der Waals surface area contributed by atoms with Crippen molar-refractivity contribution in [3.63, 3.8) is 0 Å². The summed E-state index contributed by atoms with van der Waals surface area (Å²) < 4.78 is 5.23. The molecule has 0 unspecified atom stereocenters. The zero-order chi connectivity index (χ0) is 15.2. The minimum Gasteiger partial charge on any atom is -0.497 e. The number of nitrogens with zero attached hydrogens (tertiary/aromatic N) is 2. The largest absolute Gasteiger partial charge is 0.497 e. The van der Waals surface area contributed by atoms with Gasteiger partial charge in [-0.1, -0.05) is 25.4 Å². The van der Waals surface area contributed by atoms with Gasteiger partial charge in [0.05, 0.1) is 12.6 Å². The molecule has 2 rings (SSSR count). The highest BCUT2D eigenvalue weighted by Crippen LogP contribution is 2.25. The highest BCUT2D eigenvalue weighted by atomic mass is 35.5. The van der Waals surface area contributed by atoms with Gasteiger partial charge in [0.15, 0.2) is 0 Å². The Morgan fingerprint density at radius 2 is 1.86 bits per heavy atom. The smallest absolute Gasteiger partial charge is 0.134 e. The summed E-state index contributed by atoms with van der Waals surface area (Å²) in [5.74, 6) is 0.803. The van der Waals surface area contributed by atoms with Crippen molar-refractivity contribution in [2.24, 2.45) is 0 Å². The van der Waals surface area contributed by atoms with E-state index >= 15 is 0 Å². The van der Waals surface area contributed by atoms with Crippen LogP contribution in [0.25, 0.3) is 10.9 Å². The van der Waals surface area contributed by atoms with Crippen LogP contribution >= 0.6 is 11.6 Å². The number of fused-ring (bicyclic) bond motifs is 1. The Morgan fingerprint density at radius 3 is 2.48 bits per heavy atom. The number of benzene rings is 1. The first kappa shape index (κ1) is 16.1. The van der Waals surface area contributed by atoms with Gasteiger partial charge in [0, 0.05) is 23.6 Å². The molecule has 0 aliphatic carbocycles. The molecule has 0 aliphatic heterocycles. The van der Waals surface area contributed by atoms with Crippen LogP contribution in [0.5, 0.6) is 5.75 Å². The van der Waals surface area contributed by atoms with Crippen LogP contribution in [0.3, 0.4) is 0 Å². The van der Waals surface area contributed by atoms with Gasteiger partial charge in [-0.2, -0.15) is 0 Å². The molecule has 1 aromatic carbocycles. The Balaban J connectivity index is 2.29. The summed E-state index contributed by atoms with van der Waals surface area (Å²) >= 11 is 6.36. The Morgan fingerprint density at radius 1 is 1.14 bits per heavy atom. The molecule has 0 atom stereocenters. The van der Waals surface area contributed by atoms with Crippen molar-refractivity contribution in [3.05, 3.63) is 35.0 Å². The maximum Gasteiger partial charge on any atom is 0.134 e. The molecule has 4 heteroatoms. The molecule has 1 heterocycles. The SMILES string of the molecule is CCCN(CCC)Cc1cc2ccc(OC)cc2nc1Cl. The van der Waals surface area contributed by atoms with Gasteiger partial charge in [0.25, 0.3) is 0 Å². The summed E-state index contributed by atoms with van der Waals surface area (Å²) in [6.45, 7) is 7.44. The molecule has 0 fully saturated rings. The summed E-state index contributed by atoms with van der Waals surface area (Å²) in [6.07, 6.45) is 2.30. The van der Waals surface area contributed by atoms with Gasteiger partial charge < -0.3 is 4.74 Å². The van der Waals surface area contributed by atoms with Gasteiger partial charge in [-0.25, -0.2) is 4.98 Å². The molecule has 0 saturated heterocycles. The Kier molecular flexibility index (Phi) is 5.83. The number of hydrogen-bond acceptors (Lipinski definition) is 3. The number of methoxy groups -OCH3 is 1. The molecule has 0 amide bonds. The topological polar surface area (TPSA) is 25.4 Å². The van der Waals surface area contributed by atoms with E-state index in [9.17, 15) is 0 Å². The Bertz CT molecular complexity index is 595. The van der Waals surface area contributed by atoms with E-state index in [4.69, 9.17) is 16.3 Å². The van der Waals surface area contributed by atoms with Crippen LogP contribution in [0.1, 0.15) is 32.3 Å². The second-order valence-corrected chi connectivity index (χ2v) is 5.63. The van der Waals surface area contributed by atoms with E-state index in [1.54, 1.807) is 7.11 Å². The number of rotatable bonds is 7. The Labute approximate surface area is 131 Å². The van der Waals surface area contributed by atoms with E-state index in [1.165, 1.54) is 0 Å². The van der Waals surface area contributed by atoms with E-state index in [0.717, 1.165) is 54.7 Å². The summed E-state index contributed by atoms with van der Waals surface area (Å²) in [5, 5.41) is 1.69. The van der Waals surface area contributed by atoms with E-state index in [-0.39, 0.29) is 0 Å². The lowest BCUT2D eigenvalue weighted by molar-refractivity contribution is 0.266. The van der Waals surface area contributed by atoms with Crippen molar-refractivity contribution >= 4 is 22.5 Å². The average molecular weight is 307 g/mol. The van der Waals surface area contributed by atoms with Crippen molar-refractivity contribution in [1.29, 1.82) is 0 Å². The predicted molar refractivity (Wildman–Crippen MR) is 89.2 cm³/mol. The second-order valence-electron chi connectivity index (χ2n) is 5.27. The predicted octanol–water partition coefficient (Wildman–Crippen LogP) is 4.52. The minimum atomic E-state index is 0.591. The highest BCUT2D eigenvalue weighted by molar-refractivity contribution is 6.30. The maximum atomic E-state index is 6.36. The lowest BCUT2D eigenvalue weighted by Crippen LogP contribution is -2.25.